The third-order valence-corrected chi connectivity index (χ3v) is 3.72. The molecular weight excluding hydrogens is 282 g/mol. The van der Waals surface area contributed by atoms with E-state index in [0.717, 1.165) is 5.56 Å². The van der Waals surface area contributed by atoms with Gasteiger partial charge < -0.3 is 4.42 Å². The third kappa shape index (κ3) is 2.50. The molecule has 0 fully saturated rings. The summed E-state index contributed by atoms with van der Waals surface area (Å²) in [5.74, 6) is -0.0196. The van der Waals surface area contributed by atoms with E-state index in [1.165, 1.54) is 0 Å². The first-order valence-corrected chi connectivity index (χ1v) is 7.34. The highest BCUT2D eigenvalue weighted by Gasteiger charge is 2.16. The SMILES string of the molecule is [2H]c1c([2H])c([2H])c2c([2H])c(-c3nc4ccc(C(C)(C)C)cc4o3)c([2H])c([2H])c2c1[2H]. The van der Waals surface area contributed by atoms with Crippen molar-refractivity contribution in [3.8, 4) is 11.5 Å². The van der Waals surface area contributed by atoms with Crippen LogP contribution in [-0.4, -0.2) is 4.98 Å². The standard InChI is InChI=1S/C21H19NO/c1-21(2,3)17-10-11-18-19(13-17)23-20(22-18)16-9-8-14-6-4-5-7-15(14)12-16/h4-13H,1-3H3/i4D,5D,6D,7D,8D,9D,12D. The number of benzene rings is 3. The van der Waals surface area contributed by atoms with Crippen LogP contribution < -0.4 is 0 Å². The molecule has 0 saturated carbocycles. The molecule has 2 nitrogen and oxygen atoms in total. The Bertz CT molecular complexity index is 1350. The smallest absolute Gasteiger partial charge is 0.227 e. The lowest BCUT2D eigenvalue weighted by Gasteiger charge is -2.18. The van der Waals surface area contributed by atoms with E-state index >= 15 is 0 Å². The summed E-state index contributed by atoms with van der Waals surface area (Å²) in [6.45, 7) is 6.20. The summed E-state index contributed by atoms with van der Waals surface area (Å²) in [7, 11) is 0. The lowest BCUT2D eigenvalue weighted by molar-refractivity contribution is 0.584. The predicted molar refractivity (Wildman–Crippen MR) is 95.7 cm³/mol. The van der Waals surface area contributed by atoms with E-state index < -0.39 is 24.2 Å². The van der Waals surface area contributed by atoms with E-state index in [1.54, 1.807) is 6.07 Å². The zero-order valence-corrected chi connectivity index (χ0v) is 13.1. The zero-order chi connectivity index (χ0) is 22.1. The van der Waals surface area contributed by atoms with Gasteiger partial charge in [-0.15, -0.1) is 0 Å². The predicted octanol–water partition coefficient (Wildman–Crippen LogP) is 5.95. The van der Waals surface area contributed by atoms with Crippen molar-refractivity contribution in [3.63, 3.8) is 0 Å². The zero-order valence-electron chi connectivity index (χ0n) is 20.1. The Morgan fingerprint density at radius 2 is 1.78 bits per heavy atom. The van der Waals surface area contributed by atoms with Crippen LogP contribution >= 0.6 is 0 Å². The average Bonchev–Trinajstić information content (AvgIpc) is 3.09. The highest BCUT2D eigenvalue weighted by Crippen LogP contribution is 2.30. The van der Waals surface area contributed by atoms with Gasteiger partial charge in [0.05, 0.1) is 9.60 Å². The van der Waals surface area contributed by atoms with Crippen LogP contribution in [0.25, 0.3) is 33.3 Å². The van der Waals surface area contributed by atoms with Gasteiger partial charge in [0.1, 0.15) is 5.52 Å². The number of nitrogens with zero attached hydrogens (tertiary/aromatic N) is 1. The van der Waals surface area contributed by atoms with Gasteiger partial charge in [-0.05, 0) is 46.0 Å². The molecule has 4 aromatic rings. The molecule has 0 aliphatic rings. The van der Waals surface area contributed by atoms with E-state index in [1.807, 2.05) is 12.1 Å². The molecule has 3 aromatic carbocycles. The molecule has 0 N–H and O–H groups in total. The van der Waals surface area contributed by atoms with E-state index in [2.05, 4.69) is 25.8 Å². The highest BCUT2D eigenvalue weighted by molar-refractivity contribution is 5.87. The molecule has 2 heteroatoms. The van der Waals surface area contributed by atoms with Gasteiger partial charge in [0, 0.05) is 5.56 Å². The average molecular weight is 308 g/mol. The van der Waals surface area contributed by atoms with Crippen LogP contribution in [0.2, 0.25) is 0 Å². The molecule has 0 saturated heterocycles. The molecule has 0 unspecified atom stereocenters. The molecule has 0 amide bonds. The van der Waals surface area contributed by atoms with Crippen molar-refractivity contribution in [2.45, 2.75) is 26.2 Å². The maximum atomic E-state index is 8.58. The fourth-order valence-corrected chi connectivity index (χ4v) is 2.39. The maximum absolute atomic E-state index is 8.58. The summed E-state index contributed by atoms with van der Waals surface area (Å²) in [5.41, 5.74) is 1.88. The number of aromatic nitrogens is 1. The summed E-state index contributed by atoms with van der Waals surface area (Å²) >= 11 is 0. The molecule has 0 aliphatic carbocycles. The summed E-state index contributed by atoms with van der Waals surface area (Å²) in [5, 5.41) is -0.263. The Kier molecular flexibility index (Phi) is 1.79. The second-order valence-corrected chi connectivity index (χ2v) is 6.45. The Hall–Kier alpha value is -2.61. The summed E-state index contributed by atoms with van der Waals surface area (Å²) in [6.07, 6.45) is 0. The lowest BCUT2D eigenvalue weighted by atomic mass is 9.87. The number of hydrogen-bond acceptors (Lipinski definition) is 2. The van der Waals surface area contributed by atoms with Crippen molar-refractivity contribution in [2.75, 3.05) is 0 Å². The number of rotatable bonds is 1. The number of hydrogen-bond donors (Lipinski definition) is 0. The van der Waals surface area contributed by atoms with Crippen LogP contribution in [0.3, 0.4) is 0 Å². The molecule has 114 valence electrons. The molecule has 4 rings (SSSR count). The summed E-state index contributed by atoms with van der Waals surface area (Å²) in [4.78, 5) is 4.39. The minimum Gasteiger partial charge on any atom is -0.436 e. The maximum Gasteiger partial charge on any atom is 0.227 e. The van der Waals surface area contributed by atoms with Gasteiger partial charge in [-0.2, -0.15) is 0 Å². The van der Waals surface area contributed by atoms with Gasteiger partial charge in [-0.1, -0.05) is 57.0 Å². The van der Waals surface area contributed by atoms with Crippen LogP contribution in [0.1, 0.15) is 35.9 Å². The quantitative estimate of drug-likeness (QED) is 0.434. The van der Waals surface area contributed by atoms with E-state index in [4.69, 9.17) is 14.0 Å². The highest BCUT2D eigenvalue weighted by atomic mass is 16.3. The van der Waals surface area contributed by atoms with Gasteiger partial charge in [-0.25, -0.2) is 4.98 Å². The van der Waals surface area contributed by atoms with Crippen molar-refractivity contribution in [2.24, 2.45) is 0 Å². The Balaban J connectivity index is 2.07. The van der Waals surface area contributed by atoms with Crippen LogP contribution in [0.5, 0.6) is 0 Å². The minimum absolute atomic E-state index is 0.0196. The van der Waals surface area contributed by atoms with Crippen molar-refractivity contribution < 1.29 is 14.0 Å². The fourth-order valence-electron chi connectivity index (χ4n) is 2.39. The van der Waals surface area contributed by atoms with Crippen molar-refractivity contribution in [3.05, 3.63) is 66.1 Å². The van der Waals surface area contributed by atoms with Crippen molar-refractivity contribution in [1.29, 1.82) is 0 Å². The monoisotopic (exact) mass is 308 g/mol. The molecular formula is C21H19NO. The molecule has 0 spiro atoms. The molecule has 1 heterocycles. The van der Waals surface area contributed by atoms with Gasteiger partial charge in [0.2, 0.25) is 5.89 Å². The van der Waals surface area contributed by atoms with Gasteiger partial charge in [-0.3, -0.25) is 0 Å². The largest absolute Gasteiger partial charge is 0.436 e. The van der Waals surface area contributed by atoms with E-state index in [0.29, 0.717) is 11.1 Å². The topological polar surface area (TPSA) is 26.0 Å². The minimum atomic E-state index is -0.496. The van der Waals surface area contributed by atoms with Crippen LogP contribution in [0, 0.1) is 0 Å². The fraction of sp³-hybridized carbons (Fsp3) is 0.190. The van der Waals surface area contributed by atoms with Gasteiger partial charge in [0.25, 0.3) is 0 Å². The molecule has 0 radical (unpaired) electrons. The van der Waals surface area contributed by atoms with Crippen molar-refractivity contribution >= 4 is 21.9 Å². The number of oxazole rings is 1. The first-order chi connectivity index (χ1) is 13.9. The molecule has 0 atom stereocenters. The Labute approximate surface area is 145 Å². The van der Waals surface area contributed by atoms with Gasteiger partial charge >= 0.3 is 0 Å². The van der Waals surface area contributed by atoms with Gasteiger partial charge in [0.15, 0.2) is 5.58 Å². The Morgan fingerprint density at radius 3 is 2.57 bits per heavy atom. The van der Waals surface area contributed by atoms with Crippen LogP contribution in [0.4, 0.5) is 0 Å². The summed E-state index contributed by atoms with van der Waals surface area (Å²) < 4.78 is 63.2. The number of fused-ring (bicyclic) bond motifs is 2. The molecule has 23 heavy (non-hydrogen) atoms. The van der Waals surface area contributed by atoms with Crippen LogP contribution in [0.15, 0.2) is 64.9 Å². The second kappa shape index (κ2) is 4.95. The molecule has 0 bridgehead atoms. The second-order valence-electron chi connectivity index (χ2n) is 6.45. The third-order valence-electron chi connectivity index (χ3n) is 3.72. The van der Waals surface area contributed by atoms with Crippen LogP contribution in [-0.2, 0) is 5.41 Å². The normalized spacial score (nSPS) is 16.4. The first-order valence-electron chi connectivity index (χ1n) is 10.8. The lowest BCUT2D eigenvalue weighted by Crippen LogP contribution is -2.10. The molecule has 0 aliphatic heterocycles. The van der Waals surface area contributed by atoms with Crippen molar-refractivity contribution in [1.82, 2.24) is 4.98 Å². The van der Waals surface area contributed by atoms with E-state index in [-0.39, 0.29) is 45.8 Å². The Morgan fingerprint density at radius 1 is 1.00 bits per heavy atom. The van der Waals surface area contributed by atoms with E-state index in [9.17, 15) is 0 Å². The molecule has 1 aromatic heterocycles. The first kappa shape index (κ1) is 8.30. The summed E-state index contributed by atoms with van der Waals surface area (Å²) in [6, 6.07) is 2.69.